The van der Waals surface area contributed by atoms with E-state index in [4.69, 9.17) is 4.74 Å². The average molecular weight is 172 g/mol. The summed E-state index contributed by atoms with van der Waals surface area (Å²) in [6.07, 6.45) is 3.47. The highest BCUT2D eigenvalue weighted by Gasteiger charge is 2.47. The molecule has 1 aliphatic carbocycles. The van der Waals surface area contributed by atoms with Crippen molar-refractivity contribution in [1.29, 1.82) is 0 Å². The van der Waals surface area contributed by atoms with Gasteiger partial charge in [-0.15, -0.1) is 0 Å². The Morgan fingerprint density at radius 3 is 2.85 bits per heavy atom. The van der Waals surface area contributed by atoms with Crippen LogP contribution in [0.4, 0.5) is 0 Å². The van der Waals surface area contributed by atoms with E-state index in [2.05, 4.69) is 0 Å². The molecule has 1 spiro atoms. The van der Waals surface area contributed by atoms with Gasteiger partial charge < -0.3 is 4.74 Å². The summed E-state index contributed by atoms with van der Waals surface area (Å²) in [6, 6.07) is 7.63. The van der Waals surface area contributed by atoms with Gasteiger partial charge in [-0.1, -0.05) is 24.3 Å². The number of epoxide rings is 1. The maximum atomic E-state index is 11.5. The Labute approximate surface area is 75.8 Å². The third-order valence-electron chi connectivity index (χ3n) is 2.61. The number of hydrogen-bond acceptors (Lipinski definition) is 2. The molecule has 3 rings (SSSR count). The maximum Gasteiger partial charge on any atom is 0.186 e. The third-order valence-corrected chi connectivity index (χ3v) is 2.61. The number of hydrogen-bond donors (Lipinski definition) is 0. The van der Waals surface area contributed by atoms with Gasteiger partial charge in [0.2, 0.25) is 0 Å². The Kier molecular flexibility index (Phi) is 1.13. The molecule has 0 bridgehead atoms. The SMILES string of the molecule is O=C1C=CC2(CO2)c2ccccc21. The average Bonchev–Trinajstić information content (AvgIpc) is 2.94. The Morgan fingerprint density at radius 1 is 1.31 bits per heavy atom. The molecule has 1 atom stereocenters. The standard InChI is InChI=1S/C11H8O2/c12-10-5-6-11(7-13-11)9-4-2-1-3-8(9)10/h1-6H,7H2. The molecule has 13 heavy (non-hydrogen) atoms. The number of benzene rings is 1. The second-order valence-corrected chi connectivity index (χ2v) is 3.42. The molecule has 0 saturated carbocycles. The number of carbonyl (C=O) groups is 1. The van der Waals surface area contributed by atoms with Crippen molar-refractivity contribution in [3.05, 3.63) is 47.5 Å². The van der Waals surface area contributed by atoms with Crippen LogP contribution in [0, 0.1) is 0 Å². The van der Waals surface area contributed by atoms with Gasteiger partial charge in [0.05, 0.1) is 6.61 Å². The van der Waals surface area contributed by atoms with Crippen molar-refractivity contribution >= 4 is 5.78 Å². The van der Waals surface area contributed by atoms with Gasteiger partial charge in [0.15, 0.2) is 5.78 Å². The van der Waals surface area contributed by atoms with Gasteiger partial charge >= 0.3 is 0 Å². The van der Waals surface area contributed by atoms with Gasteiger partial charge in [-0.3, -0.25) is 4.79 Å². The number of fused-ring (bicyclic) bond motifs is 2. The van der Waals surface area contributed by atoms with Gasteiger partial charge in [0.1, 0.15) is 5.60 Å². The van der Waals surface area contributed by atoms with E-state index >= 15 is 0 Å². The summed E-state index contributed by atoms with van der Waals surface area (Å²) in [5.41, 5.74) is 1.54. The number of ether oxygens (including phenoxy) is 1. The second kappa shape index (κ2) is 2.09. The smallest absolute Gasteiger partial charge is 0.186 e. The van der Waals surface area contributed by atoms with E-state index in [0.29, 0.717) is 6.61 Å². The maximum absolute atomic E-state index is 11.5. The fraction of sp³-hybridized carbons (Fsp3) is 0.182. The minimum Gasteiger partial charge on any atom is -0.360 e. The van der Waals surface area contributed by atoms with E-state index in [0.717, 1.165) is 11.1 Å². The minimum absolute atomic E-state index is 0.0803. The molecular weight excluding hydrogens is 164 g/mol. The third kappa shape index (κ3) is 0.835. The van der Waals surface area contributed by atoms with Gasteiger partial charge in [-0.2, -0.15) is 0 Å². The van der Waals surface area contributed by atoms with E-state index < -0.39 is 0 Å². The van der Waals surface area contributed by atoms with Crippen molar-refractivity contribution < 1.29 is 9.53 Å². The zero-order chi connectivity index (χ0) is 8.89. The molecule has 1 saturated heterocycles. The van der Waals surface area contributed by atoms with Crippen molar-refractivity contribution in [2.24, 2.45) is 0 Å². The quantitative estimate of drug-likeness (QED) is 0.557. The van der Waals surface area contributed by atoms with Gasteiger partial charge in [0, 0.05) is 11.1 Å². The monoisotopic (exact) mass is 172 g/mol. The lowest BCUT2D eigenvalue weighted by Crippen LogP contribution is -2.16. The molecule has 0 amide bonds. The largest absolute Gasteiger partial charge is 0.360 e. The number of ketones is 1. The highest BCUT2D eigenvalue weighted by atomic mass is 16.6. The first-order valence-electron chi connectivity index (χ1n) is 4.29. The lowest BCUT2D eigenvalue weighted by atomic mass is 9.87. The predicted molar refractivity (Wildman–Crippen MR) is 47.5 cm³/mol. The Bertz CT molecular complexity index is 414. The van der Waals surface area contributed by atoms with Crippen LogP contribution in [-0.2, 0) is 10.3 Å². The second-order valence-electron chi connectivity index (χ2n) is 3.42. The molecule has 2 aliphatic rings. The molecular formula is C11H8O2. The zero-order valence-corrected chi connectivity index (χ0v) is 6.99. The molecule has 1 heterocycles. The van der Waals surface area contributed by atoms with Crippen LogP contribution in [0.2, 0.25) is 0 Å². The number of rotatable bonds is 0. The van der Waals surface area contributed by atoms with Crippen LogP contribution >= 0.6 is 0 Å². The molecule has 1 aromatic rings. The molecule has 1 aliphatic heterocycles. The lowest BCUT2D eigenvalue weighted by Gasteiger charge is -2.15. The van der Waals surface area contributed by atoms with E-state index in [1.165, 1.54) is 0 Å². The van der Waals surface area contributed by atoms with Gasteiger partial charge in [0.25, 0.3) is 0 Å². The molecule has 0 radical (unpaired) electrons. The molecule has 0 N–H and O–H groups in total. The first-order valence-corrected chi connectivity index (χ1v) is 4.29. The zero-order valence-electron chi connectivity index (χ0n) is 6.99. The molecule has 0 aromatic heterocycles. The summed E-state index contributed by atoms with van der Waals surface area (Å²) in [5.74, 6) is 0.0803. The molecule has 1 unspecified atom stereocenters. The summed E-state index contributed by atoms with van der Waals surface area (Å²) >= 11 is 0. The number of allylic oxidation sites excluding steroid dienone is 1. The molecule has 2 nitrogen and oxygen atoms in total. The fourth-order valence-electron chi connectivity index (χ4n) is 1.79. The van der Waals surface area contributed by atoms with Crippen molar-refractivity contribution in [1.82, 2.24) is 0 Å². The fourth-order valence-corrected chi connectivity index (χ4v) is 1.79. The first-order chi connectivity index (χ1) is 6.32. The molecule has 1 fully saturated rings. The van der Waals surface area contributed by atoms with Crippen LogP contribution in [0.25, 0.3) is 0 Å². The summed E-state index contributed by atoms with van der Waals surface area (Å²) in [7, 11) is 0. The number of carbonyl (C=O) groups excluding carboxylic acids is 1. The Balaban J connectivity index is 2.28. The first kappa shape index (κ1) is 7.04. The van der Waals surface area contributed by atoms with Crippen LogP contribution < -0.4 is 0 Å². The summed E-state index contributed by atoms with van der Waals surface area (Å²) < 4.78 is 5.37. The van der Waals surface area contributed by atoms with Crippen molar-refractivity contribution in [2.45, 2.75) is 5.60 Å². The molecule has 1 aromatic carbocycles. The Hall–Kier alpha value is -1.41. The van der Waals surface area contributed by atoms with Crippen molar-refractivity contribution in [3.8, 4) is 0 Å². The Morgan fingerprint density at radius 2 is 2.08 bits per heavy atom. The minimum atomic E-state index is -0.259. The van der Waals surface area contributed by atoms with Crippen LogP contribution in [0.1, 0.15) is 15.9 Å². The lowest BCUT2D eigenvalue weighted by molar-refractivity contribution is 0.104. The van der Waals surface area contributed by atoms with Crippen LogP contribution in [0.5, 0.6) is 0 Å². The van der Waals surface area contributed by atoms with E-state index in [-0.39, 0.29) is 11.4 Å². The summed E-state index contributed by atoms with van der Waals surface area (Å²) in [4.78, 5) is 11.5. The molecule has 2 heteroatoms. The van der Waals surface area contributed by atoms with Crippen LogP contribution in [-0.4, -0.2) is 12.4 Å². The van der Waals surface area contributed by atoms with Gasteiger partial charge in [-0.05, 0) is 12.2 Å². The summed E-state index contributed by atoms with van der Waals surface area (Å²) in [5, 5.41) is 0. The van der Waals surface area contributed by atoms with E-state index in [1.54, 1.807) is 6.08 Å². The summed E-state index contributed by atoms with van der Waals surface area (Å²) in [6.45, 7) is 0.702. The van der Waals surface area contributed by atoms with Crippen LogP contribution in [0.3, 0.4) is 0 Å². The van der Waals surface area contributed by atoms with E-state index in [1.807, 2.05) is 30.3 Å². The van der Waals surface area contributed by atoms with E-state index in [9.17, 15) is 4.79 Å². The van der Waals surface area contributed by atoms with Crippen molar-refractivity contribution in [2.75, 3.05) is 6.61 Å². The van der Waals surface area contributed by atoms with Crippen LogP contribution in [0.15, 0.2) is 36.4 Å². The van der Waals surface area contributed by atoms with Crippen molar-refractivity contribution in [3.63, 3.8) is 0 Å². The topological polar surface area (TPSA) is 29.6 Å². The molecule has 64 valence electrons. The predicted octanol–water partition coefficient (Wildman–Crippen LogP) is 1.66. The highest BCUT2D eigenvalue weighted by molar-refractivity contribution is 6.07. The van der Waals surface area contributed by atoms with Gasteiger partial charge in [-0.25, -0.2) is 0 Å². The highest BCUT2D eigenvalue weighted by Crippen LogP contribution is 2.44. The normalized spacial score (nSPS) is 29.1.